The molecule has 0 spiro atoms. The van der Waals surface area contributed by atoms with Crippen LogP contribution >= 0.6 is 0 Å². The predicted molar refractivity (Wildman–Crippen MR) is 108 cm³/mol. The maximum atomic E-state index is 14.7. The number of pyridine rings is 2. The molecule has 0 fully saturated rings. The van der Waals surface area contributed by atoms with E-state index in [1.165, 1.54) is 18.5 Å². The van der Waals surface area contributed by atoms with Crippen LogP contribution in [-0.4, -0.2) is 10.9 Å². The van der Waals surface area contributed by atoms with Gasteiger partial charge in [-0.05, 0) is 44.2 Å². The molecular formula is C22H18FN3O3. The van der Waals surface area contributed by atoms with Gasteiger partial charge in [0.05, 0.1) is 16.6 Å². The second kappa shape index (κ2) is 6.70. The molecule has 146 valence electrons. The third-order valence-electron chi connectivity index (χ3n) is 4.96. The zero-order chi connectivity index (χ0) is 20.8. The minimum Gasteiger partial charge on any atom is -0.619 e. The summed E-state index contributed by atoms with van der Waals surface area (Å²) < 4.78 is 15.4. The van der Waals surface area contributed by atoms with Gasteiger partial charge in [-0.2, -0.15) is 4.73 Å². The van der Waals surface area contributed by atoms with Crippen molar-refractivity contribution in [2.24, 2.45) is 0 Å². The van der Waals surface area contributed by atoms with Crippen molar-refractivity contribution in [3.05, 3.63) is 93.3 Å². The van der Waals surface area contributed by atoms with Crippen LogP contribution in [0.15, 0.2) is 65.7 Å². The number of aromatic amines is 1. The van der Waals surface area contributed by atoms with E-state index in [1.54, 1.807) is 50.2 Å². The van der Waals surface area contributed by atoms with Crippen molar-refractivity contribution in [2.75, 3.05) is 0 Å². The predicted octanol–water partition coefficient (Wildman–Crippen LogP) is 3.12. The lowest BCUT2D eigenvalue weighted by molar-refractivity contribution is -0.606. The van der Waals surface area contributed by atoms with E-state index in [2.05, 4.69) is 10.3 Å². The third kappa shape index (κ3) is 3.31. The Morgan fingerprint density at radius 3 is 2.62 bits per heavy atom. The van der Waals surface area contributed by atoms with Crippen LogP contribution in [0.3, 0.4) is 0 Å². The van der Waals surface area contributed by atoms with E-state index in [0.29, 0.717) is 26.7 Å². The molecule has 6 nitrogen and oxygen atoms in total. The number of nitrogens with one attached hydrogen (secondary N) is 2. The lowest BCUT2D eigenvalue weighted by atomic mass is 9.95. The maximum absolute atomic E-state index is 14.7. The Labute approximate surface area is 165 Å². The van der Waals surface area contributed by atoms with Crippen molar-refractivity contribution < 1.29 is 13.9 Å². The van der Waals surface area contributed by atoms with Gasteiger partial charge in [-0.15, -0.1) is 0 Å². The van der Waals surface area contributed by atoms with Crippen molar-refractivity contribution in [3.8, 4) is 0 Å². The van der Waals surface area contributed by atoms with Crippen LogP contribution in [-0.2, 0) is 5.54 Å². The molecule has 0 saturated carbocycles. The fourth-order valence-corrected chi connectivity index (χ4v) is 3.37. The number of carbonyl (C=O) groups is 1. The van der Waals surface area contributed by atoms with Gasteiger partial charge >= 0.3 is 0 Å². The Bertz CT molecular complexity index is 1330. The number of amides is 1. The molecule has 0 aliphatic heterocycles. The average Bonchev–Trinajstić information content (AvgIpc) is 2.68. The first-order valence-electron chi connectivity index (χ1n) is 9.02. The molecule has 7 heteroatoms. The van der Waals surface area contributed by atoms with Gasteiger partial charge in [-0.25, -0.2) is 4.39 Å². The monoisotopic (exact) mass is 391 g/mol. The van der Waals surface area contributed by atoms with Crippen LogP contribution in [0.2, 0.25) is 0 Å². The zero-order valence-corrected chi connectivity index (χ0v) is 15.8. The number of hydrogen-bond acceptors (Lipinski definition) is 3. The number of rotatable bonds is 3. The summed E-state index contributed by atoms with van der Waals surface area (Å²) in [6.07, 6.45) is 2.69. The first kappa shape index (κ1) is 18.6. The van der Waals surface area contributed by atoms with Crippen LogP contribution in [0.25, 0.3) is 21.8 Å². The fourth-order valence-electron chi connectivity index (χ4n) is 3.37. The van der Waals surface area contributed by atoms with Crippen molar-refractivity contribution in [3.63, 3.8) is 0 Å². The number of aromatic nitrogens is 2. The Kier molecular flexibility index (Phi) is 4.30. The molecule has 0 unspecified atom stereocenters. The topological polar surface area (TPSA) is 88.9 Å². The van der Waals surface area contributed by atoms with E-state index in [4.69, 9.17) is 0 Å². The minimum atomic E-state index is -0.914. The highest BCUT2D eigenvalue weighted by Gasteiger charge is 2.27. The lowest BCUT2D eigenvalue weighted by Gasteiger charge is -2.26. The van der Waals surface area contributed by atoms with Gasteiger partial charge in [0.25, 0.3) is 5.91 Å². The van der Waals surface area contributed by atoms with Crippen molar-refractivity contribution in [2.45, 2.75) is 19.4 Å². The molecule has 0 atom stereocenters. The van der Waals surface area contributed by atoms with E-state index in [1.807, 2.05) is 0 Å². The minimum absolute atomic E-state index is 0.174. The highest BCUT2D eigenvalue weighted by Crippen LogP contribution is 2.22. The Morgan fingerprint density at radius 1 is 1.10 bits per heavy atom. The third-order valence-corrected chi connectivity index (χ3v) is 4.96. The molecule has 29 heavy (non-hydrogen) atoms. The molecule has 2 aromatic heterocycles. The summed E-state index contributed by atoms with van der Waals surface area (Å²) in [5, 5.41) is 14.9. The number of nitrogens with zero attached hydrogens (tertiary/aromatic N) is 1. The Balaban J connectivity index is 1.77. The summed E-state index contributed by atoms with van der Waals surface area (Å²) in [6.45, 7) is 3.43. The highest BCUT2D eigenvalue weighted by atomic mass is 19.1. The van der Waals surface area contributed by atoms with Crippen LogP contribution in [0.5, 0.6) is 0 Å². The molecule has 0 bridgehead atoms. The standard InChI is InChI=1S/C22H18FN3O3/c1-22(2,13-6-5-9-26(29)12-13)25-21(28)15-11-19-16(10-17(15)23)20(27)14-7-3-4-8-18(14)24-19/h3-12H,1-2H3,(H,24,27)(H,25,28). The van der Waals surface area contributed by atoms with Gasteiger partial charge < -0.3 is 15.5 Å². The average molecular weight is 391 g/mol. The van der Waals surface area contributed by atoms with Crippen LogP contribution in [0, 0.1) is 11.0 Å². The van der Waals surface area contributed by atoms with Crippen LogP contribution in [0.4, 0.5) is 4.39 Å². The van der Waals surface area contributed by atoms with E-state index in [-0.39, 0.29) is 16.4 Å². The second-order valence-corrected chi connectivity index (χ2v) is 7.41. The van der Waals surface area contributed by atoms with Gasteiger partial charge in [-0.3, -0.25) is 9.59 Å². The smallest absolute Gasteiger partial charge is 0.255 e. The van der Waals surface area contributed by atoms with Crippen molar-refractivity contribution >= 4 is 27.7 Å². The van der Waals surface area contributed by atoms with Crippen molar-refractivity contribution in [1.82, 2.24) is 10.3 Å². The van der Waals surface area contributed by atoms with Gasteiger partial charge in [0.1, 0.15) is 5.82 Å². The molecule has 4 rings (SSSR count). The van der Waals surface area contributed by atoms with Gasteiger partial charge in [0, 0.05) is 27.9 Å². The van der Waals surface area contributed by atoms with Gasteiger partial charge in [0.15, 0.2) is 17.8 Å². The number of fused-ring (bicyclic) bond motifs is 2. The SMILES string of the molecule is CC(C)(NC(=O)c1cc2[nH]c3ccccc3c(=O)c2cc1F)c1ccc[n+]([O-])c1. The fraction of sp³-hybridized carbons (Fsp3) is 0.136. The van der Waals surface area contributed by atoms with E-state index < -0.39 is 17.3 Å². The molecule has 0 saturated heterocycles. The summed E-state index contributed by atoms with van der Waals surface area (Å²) >= 11 is 0. The molecule has 0 aliphatic carbocycles. The van der Waals surface area contributed by atoms with Gasteiger partial charge in [0.2, 0.25) is 0 Å². The molecule has 2 aromatic carbocycles. The van der Waals surface area contributed by atoms with E-state index in [0.717, 1.165) is 6.07 Å². The Hall–Kier alpha value is -3.74. The lowest BCUT2D eigenvalue weighted by Crippen LogP contribution is -2.43. The van der Waals surface area contributed by atoms with E-state index in [9.17, 15) is 19.2 Å². The summed E-state index contributed by atoms with van der Waals surface area (Å²) in [5.74, 6) is -1.44. The number of para-hydroxylation sites is 1. The first-order valence-corrected chi connectivity index (χ1v) is 9.02. The molecule has 4 aromatic rings. The molecular weight excluding hydrogens is 373 g/mol. The first-order chi connectivity index (χ1) is 13.8. The zero-order valence-electron chi connectivity index (χ0n) is 15.8. The second-order valence-electron chi connectivity index (χ2n) is 7.41. The summed E-state index contributed by atoms with van der Waals surface area (Å²) in [4.78, 5) is 28.5. The highest BCUT2D eigenvalue weighted by molar-refractivity contribution is 6.00. The van der Waals surface area contributed by atoms with Crippen molar-refractivity contribution in [1.29, 1.82) is 0 Å². The number of H-pyrrole nitrogens is 1. The largest absolute Gasteiger partial charge is 0.619 e. The number of halogens is 1. The summed E-state index contributed by atoms with van der Waals surface area (Å²) in [5.41, 5.74) is 0.141. The normalized spacial score (nSPS) is 11.7. The molecule has 2 N–H and O–H groups in total. The summed E-state index contributed by atoms with van der Waals surface area (Å²) in [7, 11) is 0. The summed E-state index contributed by atoms with van der Waals surface area (Å²) in [6, 6.07) is 12.6. The van der Waals surface area contributed by atoms with Crippen LogP contribution in [0.1, 0.15) is 29.8 Å². The maximum Gasteiger partial charge on any atom is 0.255 e. The number of carbonyl (C=O) groups excluding carboxylic acids is 1. The molecule has 1 amide bonds. The van der Waals surface area contributed by atoms with E-state index >= 15 is 0 Å². The number of benzene rings is 2. The molecule has 0 radical (unpaired) electrons. The molecule has 2 heterocycles. The Morgan fingerprint density at radius 2 is 1.86 bits per heavy atom. The molecule has 0 aliphatic rings. The number of hydrogen-bond donors (Lipinski definition) is 2. The van der Waals surface area contributed by atoms with Crippen LogP contribution < -0.4 is 15.5 Å². The quantitative estimate of drug-likeness (QED) is 0.319. The van der Waals surface area contributed by atoms with Gasteiger partial charge in [-0.1, -0.05) is 12.1 Å².